The molecular formula is C13H16O. The van der Waals surface area contributed by atoms with Crippen molar-refractivity contribution in [2.45, 2.75) is 32.0 Å². The van der Waals surface area contributed by atoms with Gasteiger partial charge in [0.25, 0.3) is 0 Å². The second-order valence-corrected chi connectivity index (χ2v) is 3.84. The van der Waals surface area contributed by atoms with Crippen LogP contribution < -0.4 is 0 Å². The topological polar surface area (TPSA) is 9.23 Å². The fourth-order valence-corrected chi connectivity index (χ4v) is 1.78. The van der Waals surface area contributed by atoms with E-state index in [1.165, 1.54) is 5.56 Å². The maximum atomic E-state index is 5.80. The van der Waals surface area contributed by atoms with E-state index < -0.39 is 0 Å². The molecule has 0 spiro atoms. The third kappa shape index (κ3) is 2.46. The first-order chi connectivity index (χ1) is 6.84. The number of ether oxygens (including phenoxy) is 1. The van der Waals surface area contributed by atoms with Gasteiger partial charge in [0.15, 0.2) is 0 Å². The molecule has 14 heavy (non-hydrogen) atoms. The van der Waals surface area contributed by atoms with Crippen LogP contribution in [0.4, 0.5) is 0 Å². The Bertz CT molecular complexity index is 302. The van der Waals surface area contributed by atoms with Crippen molar-refractivity contribution >= 4 is 0 Å². The molecule has 2 rings (SSSR count). The highest BCUT2D eigenvalue weighted by atomic mass is 16.5. The van der Waals surface area contributed by atoms with Gasteiger partial charge in [-0.2, -0.15) is 0 Å². The van der Waals surface area contributed by atoms with Crippen molar-refractivity contribution < 1.29 is 4.74 Å². The van der Waals surface area contributed by atoms with Crippen LogP contribution in [0.15, 0.2) is 42.5 Å². The lowest BCUT2D eigenvalue weighted by Crippen LogP contribution is -2.23. The lowest BCUT2D eigenvalue weighted by molar-refractivity contribution is 0.0180. The van der Waals surface area contributed by atoms with Crippen LogP contribution in [0.5, 0.6) is 0 Å². The average Bonchev–Trinajstić information content (AvgIpc) is 2.19. The molecule has 74 valence electrons. The molecule has 1 aromatic rings. The van der Waals surface area contributed by atoms with E-state index in [-0.39, 0.29) is 6.10 Å². The maximum Gasteiger partial charge on any atom is 0.0799 e. The van der Waals surface area contributed by atoms with Crippen LogP contribution in [0.1, 0.15) is 18.9 Å². The van der Waals surface area contributed by atoms with Crippen LogP contribution in [0, 0.1) is 0 Å². The van der Waals surface area contributed by atoms with E-state index >= 15 is 0 Å². The summed E-state index contributed by atoms with van der Waals surface area (Å²) in [7, 11) is 0. The first-order valence-electron chi connectivity index (χ1n) is 5.20. The lowest BCUT2D eigenvalue weighted by Gasteiger charge is -2.23. The summed E-state index contributed by atoms with van der Waals surface area (Å²) in [5, 5.41) is 0. The third-order valence-electron chi connectivity index (χ3n) is 2.51. The van der Waals surface area contributed by atoms with Crippen molar-refractivity contribution in [2.75, 3.05) is 0 Å². The third-order valence-corrected chi connectivity index (χ3v) is 2.51. The van der Waals surface area contributed by atoms with Crippen LogP contribution in [-0.4, -0.2) is 12.2 Å². The Labute approximate surface area is 85.4 Å². The molecule has 1 aliphatic rings. The maximum absolute atomic E-state index is 5.80. The van der Waals surface area contributed by atoms with Gasteiger partial charge in [-0.3, -0.25) is 0 Å². The predicted molar refractivity (Wildman–Crippen MR) is 58.2 cm³/mol. The standard InChI is InChI=1S/C13H16O/c1-11-6-5-9-13(14-11)10-12-7-3-2-4-8-12/h2-5,7-9,11,13H,6,10H2,1H3/t11-,13-/m0/s1. The zero-order chi connectivity index (χ0) is 9.80. The van der Waals surface area contributed by atoms with Gasteiger partial charge in [0.2, 0.25) is 0 Å². The molecular weight excluding hydrogens is 172 g/mol. The fourth-order valence-electron chi connectivity index (χ4n) is 1.78. The Morgan fingerprint density at radius 2 is 2.07 bits per heavy atom. The molecule has 1 nitrogen and oxygen atoms in total. The van der Waals surface area contributed by atoms with Crippen molar-refractivity contribution in [1.29, 1.82) is 0 Å². The van der Waals surface area contributed by atoms with E-state index in [0.29, 0.717) is 6.10 Å². The molecule has 2 atom stereocenters. The van der Waals surface area contributed by atoms with E-state index in [1.54, 1.807) is 0 Å². The Morgan fingerprint density at radius 1 is 1.29 bits per heavy atom. The number of hydrogen-bond acceptors (Lipinski definition) is 1. The normalized spacial score (nSPS) is 26.4. The number of rotatable bonds is 2. The monoisotopic (exact) mass is 188 g/mol. The molecule has 1 aliphatic heterocycles. The molecule has 0 fully saturated rings. The Balaban J connectivity index is 1.98. The van der Waals surface area contributed by atoms with E-state index in [4.69, 9.17) is 4.74 Å². The summed E-state index contributed by atoms with van der Waals surface area (Å²) in [6, 6.07) is 10.5. The molecule has 0 unspecified atom stereocenters. The Kier molecular flexibility index (Phi) is 3.00. The summed E-state index contributed by atoms with van der Waals surface area (Å²) in [4.78, 5) is 0. The minimum Gasteiger partial charge on any atom is -0.371 e. The zero-order valence-corrected chi connectivity index (χ0v) is 8.52. The molecule has 0 aromatic heterocycles. The largest absolute Gasteiger partial charge is 0.371 e. The molecule has 0 N–H and O–H groups in total. The van der Waals surface area contributed by atoms with Gasteiger partial charge in [-0.15, -0.1) is 0 Å². The summed E-state index contributed by atoms with van der Waals surface area (Å²) in [5.41, 5.74) is 1.34. The highest BCUT2D eigenvalue weighted by Crippen LogP contribution is 2.15. The SMILES string of the molecule is C[C@H]1CC=C[C@@H](Cc2ccccc2)O1. The summed E-state index contributed by atoms with van der Waals surface area (Å²) >= 11 is 0. The van der Waals surface area contributed by atoms with Crippen molar-refractivity contribution in [2.24, 2.45) is 0 Å². The van der Waals surface area contributed by atoms with E-state index in [1.807, 2.05) is 6.07 Å². The van der Waals surface area contributed by atoms with Gasteiger partial charge in [0.1, 0.15) is 0 Å². The second kappa shape index (κ2) is 4.43. The van der Waals surface area contributed by atoms with Gasteiger partial charge in [-0.25, -0.2) is 0 Å². The lowest BCUT2D eigenvalue weighted by atomic mass is 10.0. The summed E-state index contributed by atoms with van der Waals surface area (Å²) in [6.07, 6.45) is 7.07. The van der Waals surface area contributed by atoms with Crippen molar-refractivity contribution in [1.82, 2.24) is 0 Å². The smallest absolute Gasteiger partial charge is 0.0799 e. The first-order valence-corrected chi connectivity index (χ1v) is 5.20. The van der Waals surface area contributed by atoms with Crippen LogP contribution in [0.25, 0.3) is 0 Å². The molecule has 0 bridgehead atoms. The predicted octanol–water partition coefficient (Wildman–Crippen LogP) is 2.96. The van der Waals surface area contributed by atoms with Crippen molar-refractivity contribution in [3.8, 4) is 0 Å². The highest BCUT2D eigenvalue weighted by Gasteiger charge is 2.14. The minimum atomic E-state index is 0.265. The molecule has 0 saturated heterocycles. The van der Waals surface area contributed by atoms with Crippen LogP contribution in [-0.2, 0) is 11.2 Å². The van der Waals surface area contributed by atoms with Crippen LogP contribution >= 0.6 is 0 Å². The van der Waals surface area contributed by atoms with Crippen molar-refractivity contribution in [3.63, 3.8) is 0 Å². The highest BCUT2D eigenvalue weighted by molar-refractivity contribution is 5.17. The zero-order valence-electron chi connectivity index (χ0n) is 8.52. The Hall–Kier alpha value is -1.08. The second-order valence-electron chi connectivity index (χ2n) is 3.84. The first kappa shape index (κ1) is 9.47. The van der Waals surface area contributed by atoms with Gasteiger partial charge in [-0.05, 0) is 18.9 Å². The van der Waals surface area contributed by atoms with Gasteiger partial charge in [-0.1, -0.05) is 42.5 Å². The van der Waals surface area contributed by atoms with Gasteiger partial charge >= 0.3 is 0 Å². The molecule has 0 saturated carbocycles. The molecule has 0 aliphatic carbocycles. The van der Waals surface area contributed by atoms with Gasteiger partial charge in [0.05, 0.1) is 12.2 Å². The minimum absolute atomic E-state index is 0.265. The number of benzene rings is 1. The van der Waals surface area contributed by atoms with E-state index in [0.717, 1.165) is 12.8 Å². The molecule has 1 aromatic carbocycles. The van der Waals surface area contributed by atoms with Crippen LogP contribution in [0.3, 0.4) is 0 Å². The Morgan fingerprint density at radius 3 is 2.79 bits per heavy atom. The molecule has 0 radical (unpaired) electrons. The van der Waals surface area contributed by atoms with Gasteiger partial charge in [0, 0.05) is 6.42 Å². The van der Waals surface area contributed by atoms with E-state index in [9.17, 15) is 0 Å². The fraction of sp³-hybridized carbons (Fsp3) is 0.385. The summed E-state index contributed by atoms with van der Waals surface area (Å²) in [5.74, 6) is 0. The molecule has 1 heterocycles. The summed E-state index contributed by atoms with van der Waals surface area (Å²) in [6.45, 7) is 2.13. The molecule has 0 amide bonds. The number of hydrogen-bond donors (Lipinski definition) is 0. The quantitative estimate of drug-likeness (QED) is 0.648. The van der Waals surface area contributed by atoms with Gasteiger partial charge < -0.3 is 4.74 Å². The average molecular weight is 188 g/mol. The molecule has 1 heteroatoms. The van der Waals surface area contributed by atoms with Crippen LogP contribution in [0.2, 0.25) is 0 Å². The van der Waals surface area contributed by atoms with E-state index in [2.05, 4.69) is 43.3 Å². The van der Waals surface area contributed by atoms with Crippen molar-refractivity contribution in [3.05, 3.63) is 48.0 Å². The summed E-state index contributed by atoms with van der Waals surface area (Å²) < 4.78 is 5.80.